The number of primary amides is 1. The van der Waals surface area contributed by atoms with Crippen LogP contribution in [0.25, 0.3) is 10.4 Å². The summed E-state index contributed by atoms with van der Waals surface area (Å²) < 4.78 is 5.66. The zero-order chi connectivity index (χ0) is 12.5. The highest BCUT2D eigenvalue weighted by Gasteiger charge is 2.25. The number of pyridine rings is 1. The molecule has 3 rings (SSSR count). The molecule has 6 heteroatoms. The molecule has 0 spiro atoms. The van der Waals surface area contributed by atoms with Crippen molar-refractivity contribution in [2.24, 2.45) is 5.73 Å². The largest absolute Gasteiger partial charge is 0.488 e. The molecule has 0 aliphatic carbocycles. The molecule has 2 aromatic heterocycles. The summed E-state index contributed by atoms with van der Waals surface area (Å²) in [4.78, 5) is 16.8. The summed E-state index contributed by atoms with van der Waals surface area (Å²) in [5.41, 5.74) is 7.08. The minimum atomic E-state index is -0.436. The normalized spacial score (nSPS) is 13.3. The maximum atomic E-state index is 11.4. The van der Waals surface area contributed by atoms with Gasteiger partial charge in [-0.1, -0.05) is 0 Å². The maximum Gasteiger partial charge on any atom is 0.261 e. The Labute approximate surface area is 108 Å². The molecule has 18 heavy (non-hydrogen) atoms. The molecule has 0 unspecified atom stereocenters. The molecule has 0 bridgehead atoms. The van der Waals surface area contributed by atoms with Crippen molar-refractivity contribution in [2.45, 2.75) is 0 Å². The zero-order valence-electron chi connectivity index (χ0n) is 9.47. The van der Waals surface area contributed by atoms with E-state index in [0.717, 1.165) is 10.4 Å². The van der Waals surface area contributed by atoms with Crippen LogP contribution in [0.3, 0.4) is 0 Å². The van der Waals surface area contributed by atoms with Gasteiger partial charge in [-0.2, -0.15) is 0 Å². The van der Waals surface area contributed by atoms with Gasteiger partial charge in [0.25, 0.3) is 5.91 Å². The summed E-state index contributed by atoms with van der Waals surface area (Å²) in [7, 11) is 0. The first kappa shape index (κ1) is 11.0. The SMILES string of the molecule is NC(=O)c1sc(-c2ccncc2)c2c1NCCO2. The van der Waals surface area contributed by atoms with Crippen LogP contribution >= 0.6 is 11.3 Å². The van der Waals surface area contributed by atoms with E-state index in [4.69, 9.17) is 10.5 Å². The predicted octanol–water partition coefficient (Wildman–Crippen LogP) is 1.71. The van der Waals surface area contributed by atoms with Crippen LogP contribution in [0, 0.1) is 0 Å². The smallest absolute Gasteiger partial charge is 0.261 e. The average Bonchev–Trinajstić information content (AvgIpc) is 2.79. The lowest BCUT2D eigenvalue weighted by Crippen LogP contribution is -2.20. The summed E-state index contributed by atoms with van der Waals surface area (Å²) in [6, 6.07) is 3.77. The summed E-state index contributed by atoms with van der Waals surface area (Å²) in [6.45, 7) is 1.26. The van der Waals surface area contributed by atoms with E-state index in [0.29, 0.717) is 29.5 Å². The Bertz CT molecular complexity index is 595. The van der Waals surface area contributed by atoms with E-state index in [9.17, 15) is 4.79 Å². The van der Waals surface area contributed by atoms with Gasteiger partial charge in [-0.05, 0) is 17.7 Å². The lowest BCUT2D eigenvalue weighted by Gasteiger charge is -2.17. The Morgan fingerprint density at radius 3 is 2.94 bits per heavy atom. The van der Waals surface area contributed by atoms with E-state index in [-0.39, 0.29) is 0 Å². The average molecular weight is 261 g/mol. The highest BCUT2D eigenvalue weighted by molar-refractivity contribution is 7.18. The third-order valence-corrected chi connectivity index (χ3v) is 3.92. The number of fused-ring (bicyclic) bond motifs is 1. The first-order valence-electron chi connectivity index (χ1n) is 5.51. The van der Waals surface area contributed by atoms with Crippen LogP contribution < -0.4 is 15.8 Å². The summed E-state index contributed by atoms with van der Waals surface area (Å²) in [6.07, 6.45) is 3.42. The van der Waals surface area contributed by atoms with Gasteiger partial charge in [0.1, 0.15) is 17.2 Å². The van der Waals surface area contributed by atoms with Crippen molar-refractivity contribution in [1.29, 1.82) is 0 Å². The highest BCUT2D eigenvalue weighted by atomic mass is 32.1. The molecule has 0 aromatic carbocycles. The fourth-order valence-corrected chi connectivity index (χ4v) is 2.99. The van der Waals surface area contributed by atoms with Crippen molar-refractivity contribution in [3.8, 4) is 16.2 Å². The van der Waals surface area contributed by atoms with E-state index >= 15 is 0 Å². The molecule has 5 nitrogen and oxygen atoms in total. The number of rotatable bonds is 2. The van der Waals surface area contributed by atoms with Crippen molar-refractivity contribution in [3.63, 3.8) is 0 Å². The number of anilines is 1. The van der Waals surface area contributed by atoms with E-state index in [2.05, 4.69) is 10.3 Å². The number of hydrogen-bond donors (Lipinski definition) is 2. The molecule has 0 atom stereocenters. The van der Waals surface area contributed by atoms with Gasteiger partial charge in [-0.3, -0.25) is 9.78 Å². The first-order chi connectivity index (χ1) is 8.77. The van der Waals surface area contributed by atoms with Crippen molar-refractivity contribution in [1.82, 2.24) is 4.98 Å². The topological polar surface area (TPSA) is 77.2 Å². The molecule has 0 radical (unpaired) electrons. The van der Waals surface area contributed by atoms with Crippen LogP contribution in [0.4, 0.5) is 5.69 Å². The minimum absolute atomic E-state index is 0.436. The van der Waals surface area contributed by atoms with Gasteiger partial charge < -0.3 is 15.8 Å². The molecule has 1 amide bonds. The Kier molecular flexibility index (Phi) is 2.64. The number of thiophene rings is 1. The number of amides is 1. The minimum Gasteiger partial charge on any atom is -0.488 e. The molecular weight excluding hydrogens is 250 g/mol. The Morgan fingerprint density at radius 2 is 2.22 bits per heavy atom. The number of ether oxygens (including phenoxy) is 1. The number of nitrogens with one attached hydrogen (secondary N) is 1. The van der Waals surface area contributed by atoms with Gasteiger partial charge in [-0.25, -0.2) is 0 Å². The van der Waals surface area contributed by atoms with Crippen molar-refractivity contribution < 1.29 is 9.53 Å². The molecule has 1 aliphatic rings. The first-order valence-corrected chi connectivity index (χ1v) is 6.32. The van der Waals surface area contributed by atoms with Crippen molar-refractivity contribution in [2.75, 3.05) is 18.5 Å². The quantitative estimate of drug-likeness (QED) is 0.862. The van der Waals surface area contributed by atoms with Crippen LogP contribution in [0.1, 0.15) is 9.67 Å². The second-order valence-electron chi connectivity index (χ2n) is 3.84. The molecule has 0 saturated carbocycles. The van der Waals surface area contributed by atoms with Gasteiger partial charge in [0, 0.05) is 18.9 Å². The molecule has 3 heterocycles. The molecule has 0 fully saturated rings. The van der Waals surface area contributed by atoms with Crippen LogP contribution in [0.2, 0.25) is 0 Å². The fraction of sp³-hybridized carbons (Fsp3) is 0.167. The molecule has 3 N–H and O–H groups in total. The van der Waals surface area contributed by atoms with Crippen LogP contribution in [0.5, 0.6) is 5.75 Å². The van der Waals surface area contributed by atoms with E-state index in [1.165, 1.54) is 11.3 Å². The number of nitrogens with two attached hydrogens (primary N) is 1. The monoisotopic (exact) mass is 261 g/mol. The molecular formula is C12H11N3O2S. The highest BCUT2D eigenvalue weighted by Crippen LogP contribution is 2.47. The van der Waals surface area contributed by atoms with E-state index in [1.54, 1.807) is 12.4 Å². The van der Waals surface area contributed by atoms with Crippen LogP contribution in [0.15, 0.2) is 24.5 Å². The fourth-order valence-electron chi connectivity index (χ4n) is 1.91. The van der Waals surface area contributed by atoms with Crippen molar-refractivity contribution in [3.05, 3.63) is 29.4 Å². The van der Waals surface area contributed by atoms with Gasteiger partial charge in [0.15, 0.2) is 5.75 Å². The summed E-state index contributed by atoms with van der Waals surface area (Å²) in [5.74, 6) is 0.279. The Morgan fingerprint density at radius 1 is 1.44 bits per heavy atom. The predicted molar refractivity (Wildman–Crippen MR) is 70.1 cm³/mol. The second kappa shape index (κ2) is 4.30. The lowest BCUT2D eigenvalue weighted by molar-refractivity contribution is 0.100. The summed E-state index contributed by atoms with van der Waals surface area (Å²) >= 11 is 1.35. The number of nitrogens with zero attached hydrogens (tertiary/aromatic N) is 1. The molecule has 2 aromatic rings. The number of carbonyl (C=O) groups is 1. The number of aromatic nitrogens is 1. The van der Waals surface area contributed by atoms with Gasteiger partial charge in [-0.15, -0.1) is 11.3 Å². The van der Waals surface area contributed by atoms with Gasteiger partial charge in [0.2, 0.25) is 0 Å². The Hall–Kier alpha value is -2.08. The molecule has 1 aliphatic heterocycles. The third kappa shape index (κ3) is 1.70. The Balaban J connectivity index is 2.18. The number of hydrogen-bond acceptors (Lipinski definition) is 5. The van der Waals surface area contributed by atoms with Gasteiger partial charge >= 0.3 is 0 Å². The van der Waals surface area contributed by atoms with E-state index in [1.807, 2.05) is 12.1 Å². The van der Waals surface area contributed by atoms with Gasteiger partial charge in [0.05, 0.1) is 4.88 Å². The van der Waals surface area contributed by atoms with E-state index < -0.39 is 5.91 Å². The maximum absolute atomic E-state index is 11.4. The second-order valence-corrected chi connectivity index (χ2v) is 4.86. The lowest BCUT2D eigenvalue weighted by atomic mass is 10.2. The molecule has 92 valence electrons. The van der Waals surface area contributed by atoms with Crippen LogP contribution in [-0.2, 0) is 0 Å². The zero-order valence-corrected chi connectivity index (χ0v) is 10.3. The number of carbonyl (C=O) groups excluding carboxylic acids is 1. The molecule has 0 saturated heterocycles. The van der Waals surface area contributed by atoms with Crippen molar-refractivity contribution >= 4 is 22.9 Å². The van der Waals surface area contributed by atoms with Crippen LogP contribution in [-0.4, -0.2) is 24.0 Å². The summed E-state index contributed by atoms with van der Waals surface area (Å²) in [5, 5.41) is 3.17. The standard InChI is InChI=1S/C12H11N3O2S/c13-12(16)11-8-9(17-6-5-15-8)10(18-11)7-1-3-14-4-2-7/h1-4,15H,5-6H2,(H2,13,16). The third-order valence-electron chi connectivity index (χ3n) is 2.68.